The molecular formula is C31H36F3N5O4. The molecule has 0 radical (unpaired) electrons. The molecule has 0 aromatic heterocycles. The minimum atomic E-state index is -4.51. The highest BCUT2D eigenvalue weighted by atomic mass is 19.4. The van der Waals surface area contributed by atoms with Crippen LogP contribution < -0.4 is 16.0 Å². The third-order valence-electron chi connectivity index (χ3n) is 7.54. The molecule has 2 aliphatic heterocycles. The largest absolute Gasteiger partial charge is 0.490 e. The lowest BCUT2D eigenvalue weighted by Gasteiger charge is -2.29. The lowest BCUT2D eigenvalue weighted by molar-refractivity contribution is -0.138. The summed E-state index contributed by atoms with van der Waals surface area (Å²) in [7, 11) is 0. The van der Waals surface area contributed by atoms with Gasteiger partial charge in [-0.1, -0.05) is 18.2 Å². The fourth-order valence-corrected chi connectivity index (χ4v) is 5.36. The number of H-pyrrole nitrogens is 1. The predicted octanol–water partition coefficient (Wildman–Crippen LogP) is 5.51. The van der Waals surface area contributed by atoms with Crippen LogP contribution in [-0.2, 0) is 24.0 Å². The number of hydrogen-bond donors (Lipinski definition) is 1. The summed E-state index contributed by atoms with van der Waals surface area (Å²) < 4.78 is 55.5. The highest BCUT2D eigenvalue weighted by molar-refractivity contribution is 5.82. The van der Waals surface area contributed by atoms with Crippen LogP contribution in [0, 0.1) is 6.92 Å². The van der Waals surface area contributed by atoms with Gasteiger partial charge in [-0.15, -0.1) is 0 Å². The molecule has 0 bridgehead atoms. The molecule has 1 fully saturated rings. The topological polar surface area (TPSA) is 102 Å². The van der Waals surface area contributed by atoms with Gasteiger partial charge in [0.1, 0.15) is 12.5 Å². The third kappa shape index (κ3) is 7.24. The van der Waals surface area contributed by atoms with Crippen LogP contribution in [0.15, 0.2) is 46.0 Å². The second-order valence-corrected chi connectivity index (χ2v) is 12.0. The minimum Gasteiger partial charge on any atom is -0.490 e. The zero-order chi connectivity index (χ0) is 30.9. The Labute approximate surface area is 247 Å². The average Bonchev–Trinajstić information content (AvgIpc) is 3.43. The maximum atomic E-state index is 13.8. The van der Waals surface area contributed by atoms with E-state index in [4.69, 9.17) is 9.47 Å². The molecule has 1 N–H and O–H groups in total. The first-order valence-electron chi connectivity index (χ1n) is 14.4. The highest BCUT2D eigenvalue weighted by Gasteiger charge is 2.33. The minimum absolute atomic E-state index is 0.00382. The maximum absolute atomic E-state index is 13.8. The summed E-state index contributed by atoms with van der Waals surface area (Å²) in [6, 6.07) is 9.14. The van der Waals surface area contributed by atoms with Gasteiger partial charge in [-0.05, 0) is 76.6 Å². The molecule has 9 nitrogen and oxygen atoms in total. The van der Waals surface area contributed by atoms with Gasteiger partial charge >= 0.3 is 11.9 Å². The Morgan fingerprint density at radius 3 is 2.49 bits per heavy atom. The average molecular weight is 600 g/mol. The molecule has 0 atom stereocenters. The van der Waals surface area contributed by atoms with Crippen molar-refractivity contribution in [2.75, 3.05) is 13.3 Å². The van der Waals surface area contributed by atoms with E-state index < -0.39 is 28.6 Å². The normalized spacial score (nSPS) is 14.8. The number of halogens is 3. The van der Waals surface area contributed by atoms with Crippen LogP contribution in [-0.4, -0.2) is 49.4 Å². The van der Waals surface area contributed by atoms with Gasteiger partial charge in [-0.2, -0.15) is 18.2 Å². The number of benzene rings is 2. The van der Waals surface area contributed by atoms with Crippen LogP contribution in [0.1, 0.15) is 63.1 Å². The number of fused-ring (bicyclic) bond motifs is 2. The first-order chi connectivity index (χ1) is 20.3. The number of alkyl halides is 3. The summed E-state index contributed by atoms with van der Waals surface area (Å²) >= 11 is 0. The van der Waals surface area contributed by atoms with Gasteiger partial charge in [0.2, 0.25) is 0 Å². The molecule has 2 heterocycles. The van der Waals surface area contributed by atoms with Crippen molar-refractivity contribution in [2.45, 2.75) is 84.3 Å². The van der Waals surface area contributed by atoms with Gasteiger partial charge in [0.05, 0.1) is 28.3 Å². The van der Waals surface area contributed by atoms with E-state index in [9.17, 15) is 22.8 Å². The molecule has 2 aromatic rings. The smallest absolute Gasteiger partial charge is 0.416 e. The van der Waals surface area contributed by atoms with Crippen molar-refractivity contribution < 1.29 is 22.6 Å². The number of aryl methyl sites for hydroxylation is 1. The molecule has 1 aliphatic carbocycles. The SMILES string of the molecule is Cc1cc2nc3c(=O)[nH]c(=O)nc-3n(CCN(COC(C)(C)C)Cc3ccccc3C(F)(F)F)c2cc1OC1CCCC1. The number of aromatic nitrogens is 4. The van der Waals surface area contributed by atoms with E-state index in [2.05, 4.69) is 15.0 Å². The van der Waals surface area contributed by atoms with E-state index >= 15 is 0 Å². The standard InChI is InChI=1S/C31H36F3N5O4/c1-19-15-23-24(16-25(19)43-21-10-6-7-11-21)39(27-26(35-23)28(40)37-29(41)36-27)14-13-38(18-42-30(2,3)4)17-20-9-5-8-12-22(20)31(32,33)34/h5,8-9,12,15-16,21H,6-7,10-11,13-14,17-18H2,1-4H3,(H,37,40,41). The summed E-state index contributed by atoms with van der Waals surface area (Å²) in [6.07, 6.45) is -0.273. The summed E-state index contributed by atoms with van der Waals surface area (Å²) in [5.41, 5.74) is -0.664. The molecule has 0 amide bonds. The van der Waals surface area contributed by atoms with Crippen molar-refractivity contribution in [1.29, 1.82) is 0 Å². The van der Waals surface area contributed by atoms with Crippen LogP contribution in [0.25, 0.3) is 22.6 Å². The number of ether oxygens (including phenoxy) is 2. The molecule has 1 saturated carbocycles. The Hall–Kier alpha value is -3.77. The number of hydrogen-bond acceptors (Lipinski definition) is 7. The van der Waals surface area contributed by atoms with Gasteiger partial charge in [-0.25, -0.2) is 9.78 Å². The van der Waals surface area contributed by atoms with Crippen molar-refractivity contribution in [1.82, 2.24) is 24.4 Å². The molecule has 12 heteroatoms. The second-order valence-electron chi connectivity index (χ2n) is 12.0. The molecule has 3 aliphatic rings. The van der Waals surface area contributed by atoms with Gasteiger partial charge < -0.3 is 14.0 Å². The van der Waals surface area contributed by atoms with Crippen LogP contribution in [0.4, 0.5) is 13.2 Å². The fourth-order valence-electron chi connectivity index (χ4n) is 5.36. The molecule has 0 saturated heterocycles. The van der Waals surface area contributed by atoms with E-state index in [0.29, 0.717) is 16.8 Å². The van der Waals surface area contributed by atoms with E-state index in [1.54, 1.807) is 15.5 Å². The van der Waals surface area contributed by atoms with Crippen molar-refractivity contribution in [2.24, 2.45) is 0 Å². The summed E-state index contributed by atoms with van der Waals surface area (Å²) in [5.74, 6) is 0.762. The Morgan fingerprint density at radius 1 is 1.07 bits per heavy atom. The monoisotopic (exact) mass is 599 g/mol. The van der Waals surface area contributed by atoms with Gasteiger partial charge in [0.25, 0.3) is 5.56 Å². The summed E-state index contributed by atoms with van der Waals surface area (Å²) in [6.45, 7) is 7.92. The highest BCUT2D eigenvalue weighted by Crippen LogP contribution is 2.33. The Balaban J connectivity index is 1.56. The summed E-state index contributed by atoms with van der Waals surface area (Å²) in [5, 5.41) is 0. The second kappa shape index (κ2) is 12.1. The summed E-state index contributed by atoms with van der Waals surface area (Å²) in [4.78, 5) is 37.6. The van der Waals surface area contributed by atoms with Crippen molar-refractivity contribution in [3.8, 4) is 17.3 Å². The quantitative estimate of drug-likeness (QED) is 0.200. The molecular weight excluding hydrogens is 563 g/mol. The number of nitrogens with one attached hydrogen (secondary N) is 1. The van der Waals surface area contributed by atoms with Crippen LogP contribution in [0.3, 0.4) is 0 Å². The number of nitrogens with zero attached hydrogens (tertiary/aromatic N) is 4. The van der Waals surface area contributed by atoms with E-state index in [1.165, 1.54) is 12.1 Å². The fraction of sp³-hybridized carbons (Fsp3) is 0.484. The number of aromatic amines is 1. The van der Waals surface area contributed by atoms with Crippen molar-refractivity contribution in [3.05, 3.63) is 73.9 Å². The first-order valence-corrected chi connectivity index (χ1v) is 14.4. The maximum Gasteiger partial charge on any atom is 0.416 e. The predicted molar refractivity (Wildman–Crippen MR) is 156 cm³/mol. The van der Waals surface area contributed by atoms with Gasteiger partial charge in [-0.3, -0.25) is 14.7 Å². The zero-order valence-corrected chi connectivity index (χ0v) is 24.8. The lowest BCUT2D eigenvalue weighted by atomic mass is 10.1. The Morgan fingerprint density at radius 2 is 1.79 bits per heavy atom. The Kier molecular flexibility index (Phi) is 8.62. The molecule has 2 aromatic carbocycles. The van der Waals surface area contributed by atoms with Crippen LogP contribution in [0.5, 0.6) is 5.75 Å². The van der Waals surface area contributed by atoms with Crippen molar-refractivity contribution >= 4 is 11.0 Å². The van der Waals surface area contributed by atoms with E-state index in [-0.39, 0.29) is 49.6 Å². The molecule has 5 rings (SSSR count). The lowest BCUT2D eigenvalue weighted by Crippen LogP contribution is -2.35. The van der Waals surface area contributed by atoms with Gasteiger partial charge in [0, 0.05) is 25.7 Å². The van der Waals surface area contributed by atoms with Gasteiger partial charge in [0.15, 0.2) is 11.5 Å². The molecule has 0 spiro atoms. The molecule has 0 unspecified atom stereocenters. The first kappa shape index (κ1) is 30.7. The third-order valence-corrected chi connectivity index (χ3v) is 7.54. The molecule has 43 heavy (non-hydrogen) atoms. The van der Waals surface area contributed by atoms with Crippen LogP contribution in [0.2, 0.25) is 0 Å². The van der Waals surface area contributed by atoms with E-state index in [0.717, 1.165) is 37.3 Å². The van der Waals surface area contributed by atoms with Crippen LogP contribution >= 0.6 is 0 Å². The number of rotatable bonds is 9. The zero-order valence-electron chi connectivity index (χ0n) is 24.8. The van der Waals surface area contributed by atoms with E-state index in [1.807, 2.05) is 39.8 Å². The van der Waals surface area contributed by atoms with Crippen molar-refractivity contribution in [3.63, 3.8) is 0 Å². The molecule has 230 valence electrons. The Bertz CT molecular complexity index is 1690.